The zero-order valence-corrected chi connectivity index (χ0v) is 24.3. The Bertz CT molecular complexity index is 1680. The molecule has 1 unspecified atom stereocenters. The monoisotopic (exact) mass is 615 g/mol. The molecule has 42 heavy (non-hydrogen) atoms. The van der Waals surface area contributed by atoms with Crippen LogP contribution in [0, 0.1) is 0 Å². The summed E-state index contributed by atoms with van der Waals surface area (Å²) in [5, 5.41) is 27.5. The Hall–Kier alpha value is -4.44. The van der Waals surface area contributed by atoms with E-state index in [-0.39, 0.29) is 34.5 Å². The Morgan fingerprint density at radius 2 is 2.12 bits per heavy atom. The van der Waals surface area contributed by atoms with E-state index in [1.54, 1.807) is 6.26 Å². The summed E-state index contributed by atoms with van der Waals surface area (Å²) in [6.07, 6.45) is 4.23. The second-order valence-electron chi connectivity index (χ2n) is 10.0. The minimum atomic E-state index is -1.76. The Balaban J connectivity index is 1.39. The molecule has 1 saturated heterocycles. The highest BCUT2D eigenvalue weighted by molar-refractivity contribution is 8.00. The molecule has 1 fully saturated rings. The maximum atomic E-state index is 13.3. The van der Waals surface area contributed by atoms with Crippen LogP contribution in [0.3, 0.4) is 0 Å². The van der Waals surface area contributed by atoms with E-state index in [1.165, 1.54) is 35.9 Å². The van der Waals surface area contributed by atoms with Gasteiger partial charge in [-0.1, -0.05) is 12.1 Å². The Kier molecular flexibility index (Phi) is 7.68. The molecule has 2 atom stereocenters. The number of nitrogens with one attached hydrogen (secondary N) is 1. The lowest BCUT2D eigenvalue weighted by Crippen LogP contribution is -2.71. The highest BCUT2D eigenvalue weighted by Gasteiger charge is 2.55. The summed E-state index contributed by atoms with van der Waals surface area (Å²) in [6, 6.07) is 2.77. The summed E-state index contributed by atoms with van der Waals surface area (Å²) in [7, 11) is 0. The lowest BCUT2D eigenvalue weighted by Gasteiger charge is -2.49. The van der Waals surface area contributed by atoms with E-state index in [1.807, 2.05) is 29.8 Å². The topological polar surface area (TPSA) is 202 Å². The van der Waals surface area contributed by atoms with Crippen molar-refractivity contribution < 1.29 is 43.2 Å². The number of aryl methyl sites for hydroxylation is 1. The molecule has 0 radical (unpaired) electrons. The Morgan fingerprint density at radius 1 is 1.36 bits per heavy atom. The fraction of sp³-hybridized carbons (Fsp3) is 0.346. The number of aliphatic carboxylic acids is 2. The summed E-state index contributed by atoms with van der Waals surface area (Å²) in [4.78, 5) is 60.7. The van der Waals surface area contributed by atoms with Crippen molar-refractivity contribution >= 4 is 68.8 Å². The number of thioether (sulfide) groups is 1. The van der Waals surface area contributed by atoms with Crippen molar-refractivity contribution in [2.45, 2.75) is 50.8 Å². The van der Waals surface area contributed by atoms with Crippen LogP contribution in [0.15, 0.2) is 50.8 Å². The van der Waals surface area contributed by atoms with Gasteiger partial charge >= 0.3 is 17.7 Å². The number of furan rings is 1. The predicted molar refractivity (Wildman–Crippen MR) is 151 cm³/mol. The van der Waals surface area contributed by atoms with Crippen molar-refractivity contribution in [2.75, 3.05) is 11.5 Å². The molecule has 2 aliphatic rings. The summed E-state index contributed by atoms with van der Waals surface area (Å²) in [6.45, 7) is 4.71. The number of pyridine rings is 1. The van der Waals surface area contributed by atoms with Crippen LogP contribution in [0.1, 0.15) is 32.0 Å². The van der Waals surface area contributed by atoms with Gasteiger partial charge < -0.3 is 30.5 Å². The minimum absolute atomic E-state index is 0.0279. The number of rotatable bonds is 10. The number of β-lactam (4-membered cyclic amide) rings is 1. The minimum Gasteiger partial charge on any atom is -0.478 e. The zero-order valence-electron chi connectivity index (χ0n) is 22.7. The lowest BCUT2D eigenvalue weighted by molar-refractivity contribution is -0.669. The van der Waals surface area contributed by atoms with Gasteiger partial charge in [-0.05, 0) is 32.4 Å². The molecule has 2 aliphatic heterocycles. The van der Waals surface area contributed by atoms with E-state index in [9.17, 15) is 29.4 Å². The predicted octanol–water partition coefficient (Wildman–Crippen LogP) is 1.34. The number of nitrogen functional groups attached to an aromatic ring is 1. The molecule has 16 heteroatoms. The van der Waals surface area contributed by atoms with Gasteiger partial charge in [-0.3, -0.25) is 14.5 Å². The number of carbonyl (C=O) groups is 4. The van der Waals surface area contributed by atoms with Crippen molar-refractivity contribution in [3.63, 3.8) is 0 Å². The fourth-order valence-electron chi connectivity index (χ4n) is 4.48. The molecule has 5 N–H and O–H groups in total. The van der Waals surface area contributed by atoms with Gasteiger partial charge in [0.1, 0.15) is 22.8 Å². The quantitative estimate of drug-likeness (QED) is 0.111. The molecule has 2 amide bonds. The lowest BCUT2D eigenvalue weighted by atomic mass is 10.0. The standard InChI is InChI=1S/C26H26N6O8S2/c1-4-12-7-13-5-6-39-21(13)31(8-12)9-14-10-41-22-17(20(34)32(22)18(14)23(35)36)29-19(33)16(15-11-42-25(27)28-15)30-40-26(2,3)24(37)38/h5-8,11,17,22H,4,9-10H2,1-3H3,(H4-,27,28,29,33,35,36,37,38)/p+1/t17?,22-/m0/s1. The van der Waals surface area contributed by atoms with Crippen LogP contribution in [-0.4, -0.2) is 72.3 Å². The molecule has 0 aliphatic carbocycles. The van der Waals surface area contributed by atoms with Gasteiger partial charge in [0.05, 0.1) is 11.6 Å². The zero-order chi connectivity index (χ0) is 30.3. The molecule has 0 spiro atoms. The largest absolute Gasteiger partial charge is 0.478 e. The average Bonchev–Trinajstić information content (AvgIpc) is 3.60. The maximum Gasteiger partial charge on any atom is 0.380 e. The van der Waals surface area contributed by atoms with Gasteiger partial charge in [0, 0.05) is 22.3 Å². The second-order valence-corrected chi connectivity index (χ2v) is 12.0. The molecule has 220 valence electrons. The van der Waals surface area contributed by atoms with Gasteiger partial charge in [-0.2, -0.15) is 4.57 Å². The second kappa shape index (κ2) is 11.1. The molecule has 14 nitrogen and oxygen atoms in total. The van der Waals surface area contributed by atoms with Crippen LogP contribution in [0.4, 0.5) is 5.13 Å². The van der Waals surface area contributed by atoms with Crippen LogP contribution in [0.25, 0.3) is 11.1 Å². The number of thiazole rings is 1. The number of oxime groups is 1. The van der Waals surface area contributed by atoms with Crippen molar-refractivity contribution in [3.8, 4) is 0 Å². The maximum absolute atomic E-state index is 13.3. The van der Waals surface area contributed by atoms with Crippen molar-refractivity contribution in [2.24, 2.45) is 5.16 Å². The van der Waals surface area contributed by atoms with Gasteiger partial charge in [0.2, 0.25) is 5.60 Å². The number of carboxylic acids is 2. The number of carboxylic acid groups (broad SMARTS) is 2. The number of nitrogens with zero attached hydrogens (tertiary/aromatic N) is 4. The third kappa shape index (κ3) is 5.30. The normalized spacial score (nSPS) is 19.0. The highest BCUT2D eigenvalue weighted by Crippen LogP contribution is 2.40. The van der Waals surface area contributed by atoms with E-state index in [0.29, 0.717) is 11.3 Å². The first-order valence-corrected chi connectivity index (χ1v) is 14.7. The number of nitrogens with two attached hydrogens (primary N) is 1. The number of anilines is 1. The van der Waals surface area contributed by atoms with Crippen LogP contribution < -0.4 is 15.6 Å². The highest BCUT2D eigenvalue weighted by atomic mass is 32.2. The number of hydrogen-bond donors (Lipinski definition) is 4. The van der Waals surface area contributed by atoms with Crippen molar-refractivity contribution in [3.05, 3.63) is 52.5 Å². The van der Waals surface area contributed by atoms with Crippen molar-refractivity contribution in [1.82, 2.24) is 15.2 Å². The fourth-order valence-corrected chi connectivity index (χ4v) is 6.36. The number of hydrogen-bond acceptors (Lipinski definition) is 11. The first-order valence-electron chi connectivity index (χ1n) is 12.7. The summed E-state index contributed by atoms with van der Waals surface area (Å²) in [5.41, 5.74) is 5.59. The van der Waals surface area contributed by atoms with Gasteiger partial charge in [0.15, 0.2) is 23.6 Å². The Morgan fingerprint density at radius 3 is 2.76 bits per heavy atom. The summed E-state index contributed by atoms with van der Waals surface area (Å²) in [5.74, 6) is -3.77. The first-order chi connectivity index (χ1) is 19.9. The molecule has 0 bridgehead atoms. The van der Waals surface area contributed by atoms with E-state index in [2.05, 4.69) is 15.5 Å². The molecular formula is C26H27N6O8S2+. The van der Waals surface area contributed by atoms with E-state index < -0.39 is 40.8 Å². The van der Waals surface area contributed by atoms with Crippen LogP contribution in [-0.2, 0) is 37.0 Å². The molecule has 0 saturated carbocycles. The molecule has 5 heterocycles. The van der Waals surface area contributed by atoms with E-state index in [4.69, 9.17) is 15.0 Å². The van der Waals surface area contributed by atoms with Crippen LogP contribution in [0.2, 0.25) is 0 Å². The van der Waals surface area contributed by atoms with E-state index >= 15 is 0 Å². The van der Waals surface area contributed by atoms with Crippen LogP contribution in [0.5, 0.6) is 0 Å². The molecule has 3 aromatic rings. The Labute approximate surface area is 246 Å². The number of fused-ring (bicyclic) bond motifs is 2. The van der Waals surface area contributed by atoms with Gasteiger partial charge in [-0.15, -0.1) is 23.1 Å². The summed E-state index contributed by atoms with van der Waals surface area (Å²) >= 11 is 2.34. The third-order valence-electron chi connectivity index (χ3n) is 6.76. The van der Waals surface area contributed by atoms with Crippen molar-refractivity contribution in [1.29, 1.82) is 0 Å². The smallest absolute Gasteiger partial charge is 0.380 e. The third-order valence-corrected chi connectivity index (χ3v) is 8.78. The average molecular weight is 616 g/mol. The number of aromatic nitrogens is 2. The summed E-state index contributed by atoms with van der Waals surface area (Å²) < 4.78 is 7.47. The number of carbonyl (C=O) groups excluding carboxylic acids is 2. The number of amides is 2. The molecule has 5 rings (SSSR count). The molecule has 3 aromatic heterocycles. The molecular weight excluding hydrogens is 588 g/mol. The van der Waals surface area contributed by atoms with E-state index in [0.717, 1.165) is 28.7 Å². The van der Waals surface area contributed by atoms with Crippen LogP contribution >= 0.6 is 23.1 Å². The SMILES string of the molecule is CCc1cc2ccoc2[n+](CC2=C(C(=O)O)N3C(=O)C(NC(=O)C(=NOC(C)(C)C(=O)O)c4csc(N)n4)[C@@H]3SC2)c1. The van der Waals surface area contributed by atoms with Gasteiger partial charge in [0.25, 0.3) is 11.8 Å². The van der Waals surface area contributed by atoms with Gasteiger partial charge in [-0.25, -0.2) is 14.6 Å². The first kappa shape index (κ1) is 29.1. The molecule has 0 aromatic carbocycles.